The second kappa shape index (κ2) is 5.03. The molecule has 3 nitrogen and oxygen atoms in total. The number of hydrogen-bond donors (Lipinski definition) is 1. The average molecular weight is 225 g/mol. The Labute approximate surface area is 100 Å². The Morgan fingerprint density at radius 1 is 1.12 bits per heavy atom. The molecular weight excluding hydrogens is 198 g/mol. The molecule has 2 heterocycles. The van der Waals surface area contributed by atoms with Crippen LogP contribution < -0.4 is 5.32 Å². The largest absolute Gasteiger partial charge is 0.311 e. The summed E-state index contributed by atoms with van der Waals surface area (Å²) >= 11 is 0. The van der Waals surface area contributed by atoms with Crippen LogP contribution in [-0.4, -0.2) is 60.6 Å². The molecular formula is C13H27N3. The summed E-state index contributed by atoms with van der Waals surface area (Å²) in [5.74, 6) is 0. The van der Waals surface area contributed by atoms with Gasteiger partial charge < -0.3 is 10.2 Å². The van der Waals surface area contributed by atoms with E-state index in [1.54, 1.807) is 0 Å². The lowest BCUT2D eigenvalue weighted by molar-refractivity contribution is 0.0391. The molecule has 2 aliphatic rings. The minimum Gasteiger partial charge on any atom is -0.311 e. The van der Waals surface area contributed by atoms with Crippen LogP contribution in [0.15, 0.2) is 0 Å². The Kier molecular flexibility index (Phi) is 3.88. The van der Waals surface area contributed by atoms with Crippen LogP contribution in [0.5, 0.6) is 0 Å². The molecule has 2 saturated heterocycles. The minimum atomic E-state index is 0.658. The van der Waals surface area contributed by atoms with Gasteiger partial charge in [0.05, 0.1) is 0 Å². The standard InChI is InChI=1S/C13H27N3/c1-10-9-16(12(3)8-14-10)13-5-6-15(4)11(2)7-13/h10-14H,5-9H2,1-4H3. The maximum atomic E-state index is 3.57. The van der Waals surface area contributed by atoms with Crippen LogP contribution in [0.25, 0.3) is 0 Å². The zero-order chi connectivity index (χ0) is 11.7. The number of rotatable bonds is 1. The molecule has 2 fully saturated rings. The zero-order valence-electron chi connectivity index (χ0n) is 11.2. The third-order valence-corrected chi connectivity index (χ3v) is 4.46. The van der Waals surface area contributed by atoms with Crippen molar-refractivity contribution in [3.05, 3.63) is 0 Å². The predicted octanol–water partition coefficient (Wildman–Crippen LogP) is 1.15. The maximum Gasteiger partial charge on any atom is 0.0196 e. The third kappa shape index (κ3) is 2.58. The summed E-state index contributed by atoms with van der Waals surface area (Å²) in [4.78, 5) is 5.23. The van der Waals surface area contributed by atoms with Crippen LogP contribution in [0.2, 0.25) is 0 Å². The van der Waals surface area contributed by atoms with Gasteiger partial charge in [-0.3, -0.25) is 4.90 Å². The summed E-state index contributed by atoms with van der Waals surface area (Å²) in [6, 6.07) is 2.92. The number of hydrogen-bond acceptors (Lipinski definition) is 3. The van der Waals surface area contributed by atoms with Crippen molar-refractivity contribution in [3.63, 3.8) is 0 Å². The molecule has 16 heavy (non-hydrogen) atoms. The smallest absolute Gasteiger partial charge is 0.0196 e. The second-order valence-corrected chi connectivity index (χ2v) is 5.86. The molecule has 94 valence electrons. The number of likely N-dealkylation sites (tertiary alicyclic amines) is 1. The highest BCUT2D eigenvalue weighted by Gasteiger charge is 2.32. The van der Waals surface area contributed by atoms with Crippen LogP contribution in [0.4, 0.5) is 0 Å². The molecule has 0 radical (unpaired) electrons. The summed E-state index contributed by atoms with van der Waals surface area (Å²) in [6.45, 7) is 10.7. The van der Waals surface area contributed by atoms with Crippen LogP contribution in [-0.2, 0) is 0 Å². The lowest BCUT2D eigenvalue weighted by atomic mass is 9.94. The fraction of sp³-hybridized carbons (Fsp3) is 1.00. The van der Waals surface area contributed by atoms with Crippen LogP contribution in [0.3, 0.4) is 0 Å². The van der Waals surface area contributed by atoms with Crippen molar-refractivity contribution in [1.29, 1.82) is 0 Å². The highest BCUT2D eigenvalue weighted by atomic mass is 15.3. The molecule has 1 N–H and O–H groups in total. The Balaban J connectivity index is 1.95. The van der Waals surface area contributed by atoms with Gasteiger partial charge in [-0.2, -0.15) is 0 Å². The molecule has 0 saturated carbocycles. The maximum absolute atomic E-state index is 3.57. The monoisotopic (exact) mass is 225 g/mol. The van der Waals surface area contributed by atoms with E-state index in [1.165, 1.54) is 25.9 Å². The van der Waals surface area contributed by atoms with Gasteiger partial charge in [-0.1, -0.05) is 0 Å². The fourth-order valence-corrected chi connectivity index (χ4v) is 3.12. The van der Waals surface area contributed by atoms with Gasteiger partial charge in [0.1, 0.15) is 0 Å². The Bertz CT molecular complexity index is 231. The molecule has 3 heteroatoms. The SMILES string of the molecule is CC1CN(C2CCN(C)C(C)C2)C(C)CN1. The first kappa shape index (κ1) is 12.3. The molecule has 4 atom stereocenters. The Morgan fingerprint density at radius 2 is 1.88 bits per heavy atom. The van der Waals surface area contributed by atoms with E-state index >= 15 is 0 Å². The topological polar surface area (TPSA) is 18.5 Å². The van der Waals surface area contributed by atoms with E-state index in [-0.39, 0.29) is 0 Å². The molecule has 0 bridgehead atoms. The van der Waals surface area contributed by atoms with E-state index < -0.39 is 0 Å². The van der Waals surface area contributed by atoms with Crippen LogP contribution >= 0.6 is 0 Å². The minimum absolute atomic E-state index is 0.658. The molecule has 2 aliphatic heterocycles. The first-order valence-corrected chi connectivity index (χ1v) is 6.77. The van der Waals surface area contributed by atoms with Crippen molar-refractivity contribution in [3.8, 4) is 0 Å². The van der Waals surface area contributed by atoms with Gasteiger partial charge in [-0.15, -0.1) is 0 Å². The first-order chi connectivity index (χ1) is 7.58. The van der Waals surface area contributed by atoms with E-state index in [0.717, 1.165) is 18.6 Å². The van der Waals surface area contributed by atoms with Gasteiger partial charge in [-0.25, -0.2) is 0 Å². The Hall–Kier alpha value is -0.120. The number of nitrogens with one attached hydrogen (secondary N) is 1. The number of piperazine rings is 1. The van der Waals surface area contributed by atoms with Gasteiger partial charge in [0.15, 0.2) is 0 Å². The first-order valence-electron chi connectivity index (χ1n) is 6.77. The average Bonchev–Trinajstić information content (AvgIpc) is 2.26. The zero-order valence-corrected chi connectivity index (χ0v) is 11.2. The second-order valence-electron chi connectivity index (χ2n) is 5.86. The van der Waals surface area contributed by atoms with Gasteiger partial charge in [0.2, 0.25) is 0 Å². The van der Waals surface area contributed by atoms with Crippen molar-refractivity contribution >= 4 is 0 Å². The van der Waals surface area contributed by atoms with E-state index in [0.29, 0.717) is 12.1 Å². The summed E-state index contributed by atoms with van der Waals surface area (Å²) in [5, 5.41) is 3.57. The molecule has 0 aliphatic carbocycles. The highest BCUT2D eigenvalue weighted by molar-refractivity contribution is 4.90. The summed E-state index contributed by atoms with van der Waals surface area (Å²) in [7, 11) is 2.25. The molecule has 0 aromatic carbocycles. The van der Waals surface area contributed by atoms with Crippen molar-refractivity contribution in [2.24, 2.45) is 0 Å². The normalized spacial score (nSPS) is 43.5. The van der Waals surface area contributed by atoms with Crippen molar-refractivity contribution in [2.45, 2.75) is 57.8 Å². The lowest BCUT2D eigenvalue weighted by Gasteiger charge is -2.47. The van der Waals surface area contributed by atoms with Crippen molar-refractivity contribution in [2.75, 3.05) is 26.7 Å². The summed E-state index contributed by atoms with van der Waals surface area (Å²) in [6.07, 6.45) is 2.69. The van der Waals surface area contributed by atoms with E-state index in [1.807, 2.05) is 0 Å². The van der Waals surface area contributed by atoms with Crippen LogP contribution in [0.1, 0.15) is 33.6 Å². The van der Waals surface area contributed by atoms with E-state index in [9.17, 15) is 0 Å². The quantitative estimate of drug-likeness (QED) is 0.722. The molecule has 4 unspecified atom stereocenters. The van der Waals surface area contributed by atoms with E-state index in [2.05, 4.69) is 42.9 Å². The van der Waals surface area contributed by atoms with E-state index in [4.69, 9.17) is 0 Å². The molecule has 0 amide bonds. The predicted molar refractivity (Wildman–Crippen MR) is 68.7 cm³/mol. The Morgan fingerprint density at radius 3 is 2.56 bits per heavy atom. The highest BCUT2D eigenvalue weighted by Crippen LogP contribution is 2.23. The van der Waals surface area contributed by atoms with Gasteiger partial charge in [0.25, 0.3) is 0 Å². The van der Waals surface area contributed by atoms with Gasteiger partial charge in [0, 0.05) is 37.3 Å². The van der Waals surface area contributed by atoms with Crippen molar-refractivity contribution in [1.82, 2.24) is 15.1 Å². The molecule has 0 aromatic heterocycles. The lowest BCUT2D eigenvalue weighted by Crippen LogP contribution is -2.60. The van der Waals surface area contributed by atoms with Crippen molar-refractivity contribution < 1.29 is 0 Å². The van der Waals surface area contributed by atoms with Gasteiger partial charge in [-0.05, 0) is 47.2 Å². The number of piperidine rings is 1. The van der Waals surface area contributed by atoms with Gasteiger partial charge >= 0.3 is 0 Å². The fourth-order valence-electron chi connectivity index (χ4n) is 3.12. The molecule has 0 aromatic rings. The summed E-state index contributed by atoms with van der Waals surface area (Å²) < 4.78 is 0. The molecule has 2 rings (SSSR count). The van der Waals surface area contributed by atoms with Crippen LogP contribution in [0, 0.1) is 0 Å². The third-order valence-electron chi connectivity index (χ3n) is 4.46. The molecule has 0 spiro atoms. The number of nitrogens with zero attached hydrogens (tertiary/aromatic N) is 2. The summed E-state index contributed by atoms with van der Waals surface area (Å²) in [5.41, 5.74) is 0.